The van der Waals surface area contributed by atoms with Crippen molar-refractivity contribution in [2.75, 3.05) is 25.2 Å². The number of benzene rings is 1. The first-order valence-electron chi connectivity index (χ1n) is 10.3. The van der Waals surface area contributed by atoms with Crippen molar-refractivity contribution in [1.29, 1.82) is 0 Å². The fourth-order valence-electron chi connectivity index (χ4n) is 4.13. The van der Waals surface area contributed by atoms with Gasteiger partial charge >= 0.3 is 6.03 Å². The maximum atomic E-state index is 12.9. The second-order valence-electron chi connectivity index (χ2n) is 8.09. The minimum absolute atomic E-state index is 0.0253. The van der Waals surface area contributed by atoms with Crippen molar-refractivity contribution in [3.05, 3.63) is 29.3 Å². The highest BCUT2D eigenvalue weighted by Gasteiger charge is 2.50. The van der Waals surface area contributed by atoms with Crippen LogP contribution in [0.5, 0.6) is 0 Å². The molecule has 1 aromatic rings. The minimum Gasteiger partial charge on any atom is -0.325 e. The van der Waals surface area contributed by atoms with Crippen molar-refractivity contribution < 1.29 is 14.4 Å². The Morgan fingerprint density at radius 1 is 1.13 bits per heavy atom. The Hall–Kier alpha value is -2.10. The second-order valence-corrected chi connectivity index (χ2v) is 9.22. The standard InChI is InChI=1S/C21H31N5O3S/c1-6-7-15-23-18-17(20(28)26(5)21(29)25(18)4)19(24-15)30-11-16(27)22-14-9-12(2)8-13(3)10-14/h8-10,15,17-19,23-24H,6-7,11H2,1-5H3,(H,22,27). The van der Waals surface area contributed by atoms with Gasteiger partial charge < -0.3 is 10.2 Å². The van der Waals surface area contributed by atoms with Crippen LogP contribution in [0.1, 0.15) is 30.9 Å². The first-order valence-corrected chi connectivity index (χ1v) is 11.3. The van der Waals surface area contributed by atoms with E-state index in [-0.39, 0.29) is 41.3 Å². The average Bonchev–Trinajstić information content (AvgIpc) is 2.68. The molecule has 3 rings (SSSR count). The zero-order valence-corrected chi connectivity index (χ0v) is 19.0. The van der Waals surface area contributed by atoms with Gasteiger partial charge in [-0.3, -0.25) is 25.1 Å². The van der Waals surface area contributed by atoms with Crippen LogP contribution in [-0.4, -0.2) is 65.2 Å². The lowest BCUT2D eigenvalue weighted by atomic mass is 9.96. The summed E-state index contributed by atoms with van der Waals surface area (Å²) in [5.74, 6) is -0.605. The summed E-state index contributed by atoms with van der Waals surface area (Å²) in [5, 5.41) is 9.52. The molecule has 0 aromatic heterocycles. The third-order valence-electron chi connectivity index (χ3n) is 5.50. The molecule has 4 amide bonds. The topological polar surface area (TPSA) is 93.8 Å². The van der Waals surface area contributed by atoms with E-state index in [4.69, 9.17) is 0 Å². The Kier molecular flexibility index (Phi) is 7.05. The molecule has 30 heavy (non-hydrogen) atoms. The van der Waals surface area contributed by atoms with Crippen molar-refractivity contribution in [2.24, 2.45) is 5.92 Å². The van der Waals surface area contributed by atoms with Gasteiger partial charge in [0, 0.05) is 19.8 Å². The van der Waals surface area contributed by atoms with E-state index in [1.165, 1.54) is 18.8 Å². The number of rotatable bonds is 6. The van der Waals surface area contributed by atoms with Gasteiger partial charge in [-0.25, -0.2) is 4.79 Å². The van der Waals surface area contributed by atoms with Gasteiger partial charge in [0.2, 0.25) is 11.8 Å². The molecule has 164 valence electrons. The smallest absolute Gasteiger partial charge is 0.325 e. The van der Waals surface area contributed by atoms with Crippen molar-refractivity contribution in [2.45, 2.75) is 51.3 Å². The summed E-state index contributed by atoms with van der Waals surface area (Å²) in [5.41, 5.74) is 2.95. The number of hydrogen-bond acceptors (Lipinski definition) is 6. The molecule has 4 unspecified atom stereocenters. The molecule has 2 saturated heterocycles. The molecule has 2 fully saturated rings. The van der Waals surface area contributed by atoms with Gasteiger partial charge in [-0.15, -0.1) is 11.8 Å². The molecule has 4 atom stereocenters. The molecular weight excluding hydrogens is 402 g/mol. The molecule has 2 aliphatic heterocycles. The van der Waals surface area contributed by atoms with E-state index in [0.717, 1.165) is 34.6 Å². The van der Waals surface area contributed by atoms with Gasteiger partial charge in [-0.05, 0) is 43.5 Å². The van der Waals surface area contributed by atoms with Crippen LogP contribution in [-0.2, 0) is 9.59 Å². The number of anilines is 1. The van der Waals surface area contributed by atoms with Gasteiger partial charge in [0.15, 0.2) is 0 Å². The summed E-state index contributed by atoms with van der Waals surface area (Å²) in [7, 11) is 3.21. The highest BCUT2D eigenvalue weighted by atomic mass is 32.2. The van der Waals surface area contributed by atoms with Crippen LogP contribution < -0.4 is 16.0 Å². The zero-order chi connectivity index (χ0) is 22.0. The quantitative estimate of drug-likeness (QED) is 0.636. The Labute approximate surface area is 182 Å². The first-order chi connectivity index (χ1) is 14.2. The van der Waals surface area contributed by atoms with E-state index < -0.39 is 5.92 Å². The summed E-state index contributed by atoms with van der Waals surface area (Å²) in [4.78, 5) is 40.6. The lowest BCUT2D eigenvalue weighted by Gasteiger charge is -2.50. The van der Waals surface area contributed by atoms with Crippen LogP contribution in [0.2, 0.25) is 0 Å². The highest BCUT2D eigenvalue weighted by Crippen LogP contribution is 2.32. The van der Waals surface area contributed by atoms with Crippen LogP contribution in [0.15, 0.2) is 18.2 Å². The molecule has 3 N–H and O–H groups in total. The highest BCUT2D eigenvalue weighted by molar-refractivity contribution is 8.00. The number of amides is 4. The van der Waals surface area contributed by atoms with Crippen LogP contribution in [0.4, 0.5) is 10.5 Å². The third-order valence-corrected chi connectivity index (χ3v) is 6.72. The number of carbonyl (C=O) groups is 3. The van der Waals surface area contributed by atoms with Crippen LogP contribution in [0.25, 0.3) is 0 Å². The van der Waals surface area contributed by atoms with Gasteiger partial charge in [0.1, 0.15) is 0 Å². The van der Waals surface area contributed by atoms with Gasteiger partial charge in [-0.2, -0.15) is 0 Å². The van der Waals surface area contributed by atoms with E-state index >= 15 is 0 Å². The van der Waals surface area contributed by atoms with Crippen molar-refractivity contribution >= 4 is 35.3 Å². The number of aryl methyl sites for hydroxylation is 2. The number of nitrogens with one attached hydrogen (secondary N) is 3. The molecule has 8 nitrogen and oxygen atoms in total. The Bertz CT molecular complexity index is 813. The fraction of sp³-hybridized carbons (Fsp3) is 0.571. The Morgan fingerprint density at radius 3 is 2.43 bits per heavy atom. The van der Waals surface area contributed by atoms with Crippen molar-refractivity contribution in [3.63, 3.8) is 0 Å². The third kappa shape index (κ3) is 4.79. The average molecular weight is 434 g/mol. The van der Waals surface area contributed by atoms with E-state index in [0.29, 0.717) is 0 Å². The normalized spacial score (nSPS) is 26.6. The largest absolute Gasteiger partial charge is 0.327 e. The van der Waals surface area contributed by atoms with E-state index in [9.17, 15) is 14.4 Å². The monoisotopic (exact) mass is 433 g/mol. The van der Waals surface area contributed by atoms with Gasteiger partial charge in [0.05, 0.1) is 29.4 Å². The van der Waals surface area contributed by atoms with Gasteiger partial charge in [-0.1, -0.05) is 19.4 Å². The molecule has 0 spiro atoms. The first kappa shape index (κ1) is 22.6. The molecule has 0 radical (unpaired) electrons. The number of nitrogens with zero attached hydrogens (tertiary/aromatic N) is 2. The van der Waals surface area contributed by atoms with Crippen molar-refractivity contribution in [1.82, 2.24) is 20.4 Å². The number of urea groups is 1. The lowest BCUT2D eigenvalue weighted by molar-refractivity contribution is -0.140. The number of hydrogen-bond donors (Lipinski definition) is 3. The maximum Gasteiger partial charge on any atom is 0.327 e. The number of carbonyl (C=O) groups excluding carboxylic acids is 3. The molecule has 1 aromatic carbocycles. The van der Waals surface area contributed by atoms with Crippen molar-refractivity contribution in [3.8, 4) is 0 Å². The van der Waals surface area contributed by atoms with Crippen LogP contribution in [0, 0.1) is 19.8 Å². The molecule has 2 heterocycles. The molecule has 0 bridgehead atoms. The molecule has 9 heteroatoms. The summed E-state index contributed by atoms with van der Waals surface area (Å²) in [6, 6.07) is 5.61. The molecule has 2 aliphatic rings. The maximum absolute atomic E-state index is 12.9. The summed E-state index contributed by atoms with van der Waals surface area (Å²) < 4.78 is 0. The summed E-state index contributed by atoms with van der Waals surface area (Å²) in [6.45, 7) is 6.07. The molecule has 0 saturated carbocycles. The summed E-state index contributed by atoms with van der Waals surface area (Å²) >= 11 is 1.41. The zero-order valence-electron chi connectivity index (χ0n) is 18.2. The predicted octanol–water partition coefficient (Wildman–Crippen LogP) is 2.09. The van der Waals surface area contributed by atoms with Gasteiger partial charge in [0.25, 0.3) is 0 Å². The summed E-state index contributed by atoms with van der Waals surface area (Å²) in [6.07, 6.45) is 1.40. The number of fused-ring (bicyclic) bond motifs is 1. The van der Waals surface area contributed by atoms with E-state index in [1.807, 2.05) is 26.0 Å². The van der Waals surface area contributed by atoms with Crippen LogP contribution in [0.3, 0.4) is 0 Å². The Balaban J connectivity index is 1.71. The molecule has 0 aliphatic carbocycles. The predicted molar refractivity (Wildman–Crippen MR) is 119 cm³/mol. The fourth-order valence-corrected chi connectivity index (χ4v) is 5.27. The number of imide groups is 1. The second kappa shape index (κ2) is 9.36. The Morgan fingerprint density at radius 2 is 1.80 bits per heavy atom. The van der Waals surface area contributed by atoms with E-state index in [1.54, 1.807) is 11.9 Å². The minimum atomic E-state index is -0.468. The van der Waals surface area contributed by atoms with E-state index in [2.05, 4.69) is 28.9 Å². The van der Waals surface area contributed by atoms with Crippen LogP contribution >= 0.6 is 11.8 Å². The molecular formula is C21H31N5O3S. The lowest BCUT2D eigenvalue weighted by Crippen LogP contribution is -2.74. The number of thioether (sulfide) groups is 1. The SMILES string of the molecule is CCCC1NC(SCC(=O)Nc2cc(C)cc(C)c2)C2C(=O)N(C)C(=O)N(C)C2N1.